The van der Waals surface area contributed by atoms with Crippen LogP contribution in [0.5, 0.6) is 0 Å². The normalized spacial score (nSPS) is 14.9. The van der Waals surface area contributed by atoms with Gasteiger partial charge in [-0.05, 0) is 56.2 Å². The summed E-state index contributed by atoms with van der Waals surface area (Å²) in [7, 11) is -3.90. The monoisotopic (exact) mass is 480 g/mol. The molecule has 1 N–H and O–H groups in total. The average molecular weight is 481 g/mol. The van der Waals surface area contributed by atoms with Gasteiger partial charge in [0.05, 0.1) is 10.6 Å². The number of benzene rings is 2. The van der Waals surface area contributed by atoms with Crippen molar-refractivity contribution in [3.8, 4) is 0 Å². The van der Waals surface area contributed by atoms with Crippen molar-refractivity contribution in [2.24, 2.45) is 0 Å². The molecule has 1 fully saturated rings. The second kappa shape index (κ2) is 11.2. The van der Waals surface area contributed by atoms with Gasteiger partial charge in [0.2, 0.25) is 5.91 Å². The zero-order chi connectivity index (χ0) is 22.3. The van der Waals surface area contributed by atoms with Gasteiger partial charge in [0.15, 0.2) is 0 Å². The largest absolute Gasteiger partial charge is 0.354 e. The summed E-state index contributed by atoms with van der Waals surface area (Å²) in [4.78, 5) is 12.8. The molecule has 0 aromatic heterocycles. The minimum Gasteiger partial charge on any atom is -0.354 e. The van der Waals surface area contributed by atoms with Crippen LogP contribution in [-0.4, -0.2) is 38.4 Å². The van der Waals surface area contributed by atoms with Crippen LogP contribution in [0.25, 0.3) is 0 Å². The Morgan fingerprint density at radius 3 is 2.35 bits per heavy atom. The Morgan fingerprint density at radius 1 is 1.06 bits per heavy atom. The molecule has 2 aromatic carbocycles. The minimum atomic E-state index is -3.90. The van der Waals surface area contributed by atoms with E-state index in [4.69, 9.17) is 11.6 Å². The van der Waals surface area contributed by atoms with Crippen LogP contribution in [0.1, 0.15) is 37.7 Å². The fourth-order valence-corrected chi connectivity index (χ4v) is 6.36. The lowest BCUT2D eigenvalue weighted by molar-refractivity contribution is -0.119. The van der Waals surface area contributed by atoms with Crippen molar-refractivity contribution in [2.75, 3.05) is 23.1 Å². The van der Waals surface area contributed by atoms with Gasteiger partial charge < -0.3 is 5.32 Å². The first-order valence-electron chi connectivity index (χ1n) is 10.6. The summed E-state index contributed by atoms with van der Waals surface area (Å²) in [6.45, 7) is 2.14. The lowest BCUT2D eigenvalue weighted by Gasteiger charge is -2.24. The maximum absolute atomic E-state index is 13.3. The van der Waals surface area contributed by atoms with Crippen LogP contribution >= 0.6 is 23.4 Å². The van der Waals surface area contributed by atoms with Crippen LogP contribution in [-0.2, 0) is 14.8 Å². The first-order chi connectivity index (χ1) is 14.9. The predicted molar refractivity (Wildman–Crippen MR) is 130 cm³/mol. The second-order valence-corrected chi connectivity index (χ2v) is 11.5. The highest BCUT2D eigenvalue weighted by Gasteiger charge is 2.27. The zero-order valence-electron chi connectivity index (χ0n) is 17.7. The molecule has 0 unspecified atom stereocenters. The molecule has 1 aliphatic rings. The maximum Gasteiger partial charge on any atom is 0.264 e. The van der Waals surface area contributed by atoms with Crippen molar-refractivity contribution in [1.82, 2.24) is 5.32 Å². The summed E-state index contributed by atoms with van der Waals surface area (Å²) in [5, 5.41) is 4.05. The summed E-state index contributed by atoms with van der Waals surface area (Å²) in [6, 6.07) is 13.1. The van der Waals surface area contributed by atoms with E-state index in [0.29, 0.717) is 22.5 Å². The van der Waals surface area contributed by atoms with Gasteiger partial charge in [-0.3, -0.25) is 9.10 Å². The standard InChI is InChI=1S/C23H29ClN2O3S2/c1-18-7-13-22(14-8-18)31(28,29)26(20-11-9-19(24)10-12-20)17-23(27)25-15-16-30-21-5-3-2-4-6-21/h7-14,21H,2-6,15-17H2,1H3,(H,25,27). The predicted octanol–water partition coefficient (Wildman–Crippen LogP) is 5.03. The highest BCUT2D eigenvalue weighted by molar-refractivity contribution is 7.99. The van der Waals surface area contributed by atoms with E-state index >= 15 is 0 Å². The number of halogens is 1. The Bertz CT molecular complexity index is 957. The van der Waals surface area contributed by atoms with Crippen molar-refractivity contribution in [3.05, 3.63) is 59.1 Å². The molecule has 0 heterocycles. The second-order valence-electron chi connectivity index (χ2n) is 7.78. The van der Waals surface area contributed by atoms with Gasteiger partial charge in [-0.15, -0.1) is 0 Å². The third kappa shape index (κ3) is 6.89. The van der Waals surface area contributed by atoms with E-state index in [1.165, 1.54) is 32.1 Å². The van der Waals surface area contributed by atoms with Crippen LogP contribution < -0.4 is 9.62 Å². The number of carbonyl (C=O) groups is 1. The summed E-state index contributed by atoms with van der Waals surface area (Å²) < 4.78 is 27.8. The molecule has 8 heteroatoms. The Balaban J connectivity index is 1.67. The zero-order valence-corrected chi connectivity index (χ0v) is 20.1. The Morgan fingerprint density at radius 2 is 1.71 bits per heavy atom. The topological polar surface area (TPSA) is 66.5 Å². The molecule has 0 bridgehead atoms. The molecular weight excluding hydrogens is 452 g/mol. The summed E-state index contributed by atoms with van der Waals surface area (Å²) in [6.07, 6.45) is 6.40. The van der Waals surface area contributed by atoms with Crippen LogP contribution in [0.3, 0.4) is 0 Å². The third-order valence-electron chi connectivity index (χ3n) is 5.34. The van der Waals surface area contributed by atoms with Gasteiger partial charge in [-0.2, -0.15) is 11.8 Å². The fourth-order valence-electron chi connectivity index (χ4n) is 3.59. The van der Waals surface area contributed by atoms with Gasteiger partial charge in [0, 0.05) is 22.6 Å². The maximum atomic E-state index is 13.3. The van der Waals surface area contributed by atoms with Gasteiger partial charge >= 0.3 is 0 Å². The number of hydrogen-bond acceptors (Lipinski definition) is 4. The number of nitrogens with one attached hydrogen (secondary N) is 1. The van der Waals surface area contributed by atoms with Gasteiger partial charge in [0.25, 0.3) is 10.0 Å². The molecule has 0 spiro atoms. The first kappa shape index (κ1) is 24.0. The molecule has 0 radical (unpaired) electrons. The van der Waals surface area contributed by atoms with E-state index < -0.39 is 10.0 Å². The molecule has 0 atom stereocenters. The van der Waals surface area contributed by atoms with E-state index in [9.17, 15) is 13.2 Å². The molecule has 0 aliphatic heterocycles. The number of aryl methyl sites for hydroxylation is 1. The SMILES string of the molecule is Cc1ccc(S(=O)(=O)N(CC(=O)NCCSC2CCCCC2)c2ccc(Cl)cc2)cc1. The fraction of sp³-hybridized carbons (Fsp3) is 0.435. The van der Waals surface area contributed by atoms with E-state index in [2.05, 4.69) is 5.32 Å². The molecule has 3 rings (SSSR count). The van der Waals surface area contributed by atoms with Crippen molar-refractivity contribution in [3.63, 3.8) is 0 Å². The van der Waals surface area contributed by atoms with Crippen molar-refractivity contribution >= 4 is 45.0 Å². The number of sulfonamides is 1. The first-order valence-corrected chi connectivity index (χ1v) is 13.5. The van der Waals surface area contributed by atoms with Gasteiger partial charge in [-0.25, -0.2) is 8.42 Å². The number of carbonyl (C=O) groups excluding carboxylic acids is 1. The average Bonchev–Trinajstić information content (AvgIpc) is 2.77. The van der Waals surface area contributed by atoms with E-state index in [1.807, 2.05) is 18.7 Å². The van der Waals surface area contributed by atoms with Crippen LogP contribution in [0.15, 0.2) is 53.4 Å². The number of nitrogens with zero attached hydrogens (tertiary/aromatic N) is 1. The summed E-state index contributed by atoms with van der Waals surface area (Å²) >= 11 is 7.87. The molecule has 5 nitrogen and oxygen atoms in total. The molecule has 2 aromatic rings. The number of anilines is 1. The Hall–Kier alpha value is -1.70. The van der Waals surface area contributed by atoms with E-state index in [-0.39, 0.29) is 17.3 Å². The number of amides is 1. The van der Waals surface area contributed by atoms with Gasteiger partial charge in [0.1, 0.15) is 6.54 Å². The molecular formula is C23H29ClN2O3S2. The third-order valence-corrected chi connectivity index (χ3v) is 8.76. The molecule has 168 valence electrons. The smallest absolute Gasteiger partial charge is 0.264 e. The Labute approximate surface area is 194 Å². The number of hydrogen-bond donors (Lipinski definition) is 1. The van der Waals surface area contributed by atoms with Crippen molar-refractivity contribution in [2.45, 2.75) is 49.2 Å². The molecule has 1 aliphatic carbocycles. The summed E-state index contributed by atoms with van der Waals surface area (Å²) in [5.41, 5.74) is 1.36. The lowest BCUT2D eigenvalue weighted by Crippen LogP contribution is -2.41. The molecule has 1 amide bonds. The van der Waals surface area contributed by atoms with Crippen LogP contribution in [0.4, 0.5) is 5.69 Å². The Kier molecular flexibility index (Phi) is 8.69. The minimum absolute atomic E-state index is 0.147. The molecule has 1 saturated carbocycles. The van der Waals surface area contributed by atoms with Gasteiger partial charge in [-0.1, -0.05) is 48.6 Å². The highest BCUT2D eigenvalue weighted by Crippen LogP contribution is 2.28. The van der Waals surface area contributed by atoms with E-state index in [0.717, 1.165) is 15.6 Å². The van der Waals surface area contributed by atoms with Crippen molar-refractivity contribution in [1.29, 1.82) is 0 Å². The van der Waals surface area contributed by atoms with Crippen molar-refractivity contribution < 1.29 is 13.2 Å². The van der Waals surface area contributed by atoms with E-state index in [1.54, 1.807) is 48.5 Å². The van der Waals surface area contributed by atoms with Crippen LogP contribution in [0, 0.1) is 6.92 Å². The quantitative estimate of drug-likeness (QED) is 0.511. The highest BCUT2D eigenvalue weighted by atomic mass is 35.5. The lowest BCUT2D eigenvalue weighted by atomic mass is 10.0. The molecule has 31 heavy (non-hydrogen) atoms. The molecule has 0 saturated heterocycles. The number of thioether (sulfide) groups is 1. The number of rotatable bonds is 9. The summed E-state index contributed by atoms with van der Waals surface area (Å²) in [5.74, 6) is 0.511. The van der Waals surface area contributed by atoms with Crippen LogP contribution in [0.2, 0.25) is 5.02 Å².